The molecular formula is C15H19F3N2O. The third-order valence-corrected chi connectivity index (χ3v) is 3.63. The Labute approximate surface area is 122 Å². The van der Waals surface area contributed by atoms with E-state index in [1.165, 1.54) is 12.1 Å². The summed E-state index contributed by atoms with van der Waals surface area (Å²) in [6.45, 7) is 4.19. The number of alkyl halides is 3. The molecule has 0 aliphatic carbocycles. The smallest absolute Gasteiger partial charge is 0.340 e. The van der Waals surface area contributed by atoms with Crippen LogP contribution in [0.15, 0.2) is 24.3 Å². The fraction of sp³-hybridized carbons (Fsp3) is 0.533. The van der Waals surface area contributed by atoms with Crippen LogP contribution in [0.25, 0.3) is 0 Å². The van der Waals surface area contributed by atoms with E-state index in [1.54, 1.807) is 0 Å². The Morgan fingerprint density at radius 2 is 2.00 bits per heavy atom. The lowest BCUT2D eigenvalue weighted by atomic mass is 10.1. The van der Waals surface area contributed by atoms with Gasteiger partial charge < -0.3 is 10.2 Å². The van der Waals surface area contributed by atoms with Crippen LogP contribution in [0, 0.1) is 0 Å². The molecule has 0 radical (unpaired) electrons. The van der Waals surface area contributed by atoms with Gasteiger partial charge in [-0.3, -0.25) is 4.79 Å². The van der Waals surface area contributed by atoms with Crippen LogP contribution >= 0.6 is 0 Å². The lowest BCUT2D eigenvalue weighted by molar-refractivity contribution is -0.137. The first-order valence-electron chi connectivity index (χ1n) is 7.03. The number of carbonyl (C=O) groups is 1. The van der Waals surface area contributed by atoms with Crippen LogP contribution < -0.4 is 5.32 Å². The summed E-state index contributed by atoms with van der Waals surface area (Å²) in [7, 11) is 0. The molecule has 1 heterocycles. The molecule has 116 valence electrons. The average molecular weight is 300 g/mol. The predicted octanol–water partition coefficient (Wildman–Crippen LogP) is 2.46. The fourth-order valence-corrected chi connectivity index (χ4v) is 2.43. The lowest BCUT2D eigenvalue weighted by Crippen LogP contribution is -2.51. The summed E-state index contributed by atoms with van der Waals surface area (Å²) in [5.74, 6) is 0.0586. The average Bonchev–Trinajstić information content (AvgIpc) is 2.44. The first-order valence-corrected chi connectivity index (χ1v) is 7.03. The van der Waals surface area contributed by atoms with Crippen LogP contribution in [0.5, 0.6) is 0 Å². The third kappa shape index (κ3) is 4.46. The van der Waals surface area contributed by atoms with Gasteiger partial charge in [-0.05, 0) is 31.0 Å². The maximum Gasteiger partial charge on any atom is 0.416 e. The van der Waals surface area contributed by atoms with Crippen molar-refractivity contribution in [3.63, 3.8) is 0 Å². The number of hydrogen-bond donors (Lipinski definition) is 1. The van der Waals surface area contributed by atoms with Gasteiger partial charge in [-0.1, -0.05) is 12.1 Å². The molecule has 3 nitrogen and oxygen atoms in total. The zero-order valence-electron chi connectivity index (χ0n) is 11.9. The molecule has 0 aromatic heterocycles. The van der Waals surface area contributed by atoms with Crippen LogP contribution in [-0.4, -0.2) is 36.5 Å². The zero-order valence-corrected chi connectivity index (χ0v) is 11.9. The van der Waals surface area contributed by atoms with E-state index in [-0.39, 0.29) is 11.9 Å². The van der Waals surface area contributed by atoms with Gasteiger partial charge in [0.25, 0.3) is 0 Å². The molecule has 0 saturated carbocycles. The summed E-state index contributed by atoms with van der Waals surface area (Å²) in [4.78, 5) is 13.9. The number of piperazine rings is 1. The van der Waals surface area contributed by atoms with E-state index in [4.69, 9.17) is 0 Å². The van der Waals surface area contributed by atoms with E-state index in [0.29, 0.717) is 25.9 Å². The minimum atomic E-state index is -4.31. The molecule has 1 aliphatic rings. The molecule has 21 heavy (non-hydrogen) atoms. The molecule has 1 aromatic carbocycles. The van der Waals surface area contributed by atoms with Crippen molar-refractivity contribution in [3.8, 4) is 0 Å². The second kappa shape index (κ2) is 6.47. The SMILES string of the molecule is C[C@H]1CN(C(=O)CCc2ccc(C(F)(F)F)cc2)CCN1. The van der Waals surface area contributed by atoms with Crippen LogP contribution in [-0.2, 0) is 17.4 Å². The zero-order chi connectivity index (χ0) is 15.5. The van der Waals surface area contributed by atoms with Crippen molar-refractivity contribution < 1.29 is 18.0 Å². The van der Waals surface area contributed by atoms with Crippen LogP contribution in [0.3, 0.4) is 0 Å². The predicted molar refractivity (Wildman–Crippen MR) is 73.8 cm³/mol. The van der Waals surface area contributed by atoms with Crippen molar-refractivity contribution in [3.05, 3.63) is 35.4 Å². The molecule has 2 rings (SSSR count). The monoisotopic (exact) mass is 300 g/mol. The number of carbonyl (C=O) groups excluding carboxylic acids is 1. The van der Waals surface area contributed by atoms with Crippen molar-refractivity contribution in [2.75, 3.05) is 19.6 Å². The normalized spacial score (nSPS) is 19.6. The van der Waals surface area contributed by atoms with Crippen LogP contribution in [0.4, 0.5) is 13.2 Å². The van der Waals surface area contributed by atoms with Gasteiger partial charge in [0.1, 0.15) is 0 Å². The molecule has 1 amide bonds. The van der Waals surface area contributed by atoms with Gasteiger partial charge >= 0.3 is 6.18 Å². The standard InChI is InChI=1S/C15H19F3N2O/c1-11-10-20(9-8-19-11)14(21)7-4-12-2-5-13(6-3-12)15(16,17)18/h2-3,5-6,11,19H,4,7-10H2,1H3/t11-/m0/s1. The summed E-state index contributed by atoms with van der Waals surface area (Å²) in [5.41, 5.74) is 0.0908. The number of halogens is 3. The summed E-state index contributed by atoms with van der Waals surface area (Å²) < 4.78 is 37.3. The Bertz CT molecular complexity index is 485. The van der Waals surface area contributed by atoms with Gasteiger partial charge in [0, 0.05) is 32.1 Å². The summed E-state index contributed by atoms with van der Waals surface area (Å²) >= 11 is 0. The minimum Gasteiger partial charge on any atom is -0.340 e. The van der Waals surface area contributed by atoms with Gasteiger partial charge in [-0.15, -0.1) is 0 Å². The number of benzene rings is 1. The molecule has 0 spiro atoms. The van der Waals surface area contributed by atoms with Gasteiger partial charge in [0.2, 0.25) is 5.91 Å². The van der Waals surface area contributed by atoms with E-state index >= 15 is 0 Å². The van der Waals surface area contributed by atoms with Crippen LogP contribution in [0.2, 0.25) is 0 Å². The fourth-order valence-electron chi connectivity index (χ4n) is 2.43. The first kappa shape index (κ1) is 15.8. The van der Waals surface area contributed by atoms with Gasteiger partial charge in [-0.25, -0.2) is 0 Å². The lowest BCUT2D eigenvalue weighted by Gasteiger charge is -2.32. The summed E-state index contributed by atoms with van der Waals surface area (Å²) in [6.07, 6.45) is -3.52. The molecule has 0 unspecified atom stereocenters. The summed E-state index contributed by atoms with van der Waals surface area (Å²) in [6, 6.07) is 5.29. The van der Waals surface area contributed by atoms with E-state index < -0.39 is 11.7 Å². The molecule has 1 N–H and O–H groups in total. The Hall–Kier alpha value is -1.56. The van der Waals surface area contributed by atoms with Crippen molar-refractivity contribution in [2.45, 2.75) is 32.0 Å². The van der Waals surface area contributed by atoms with Crippen molar-refractivity contribution in [1.29, 1.82) is 0 Å². The highest BCUT2D eigenvalue weighted by molar-refractivity contribution is 5.76. The molecule has 1 saturated heterocycles. The molecular weight excluding hydrogens is 281 g/mol. The van der Waals surface area contributed by atoms with E-state index in [9.17, 15) is 18.0 Å². The molecule has 1 fully saturated rings. The minimum absolute atomic E-state index is 0.0586. The third-order valence-electron chi connectivity index (χ3n) is 3.63. The van der Waals surface area contributed by atoms with E-state index in [1.807, 2.05) is 11.8 Å². The van der Waals surface area contributed by atoms with E-state index in [0.717, 1.165) is 24.2 Å². The van der Waals surface area contributed by atoms with Crippen LogP contribution in [0.1, 0.15) is 24.5 Å². The molecule has 1 aliphatic heterocycles. The number of aryl methyl sites for hydroxylation is 1. The largest absolute Gasteiger partial charge is 0.416 e. The first-order chi connectivity index (χ1) is 9.86. The number of nitrogens with zero attached hydrogens (tertiary/aromatic N) is 1. The second-order valence-corrected chi connectivity index (χ2v) is 5.39. The van der Waals surface area contributed by atoms with Crippen molar-refractivity contribution in [1.82, 2.24) is 10.2 Å². The molecule has 6 heteroatoms. The summed E-state index contributed by atoms with van der Waals surface area (Å²) in [5, 5.41) is 3.26. The molecule has 1 aromatic rings. The Morgan fingerprint density at radius 1 is 1.33 bits per heavy atom. The number of amides is 1. The van der Waals surface area contributed by atoms with Crippen molar-refractivity contribution in [2.24, 2.45) is 0 Å². The van der Waals surface area contributed by atoms with Gasteiger partial charge in [-0.2, -0.15) is 13.2 Å². The van der Waals surface area contributed by atoms with E-state index in [2.05, 4.69) is 5.32 Å². The van der Waals surface area contributed by atoms with Crippen molar-refractivity contribution >= 4 is 5.91 Å². The van der Waals surface area contributed by atoms with Gasteiger partial charge in [0.05, 0.1) is 5.56 Å². The maximum absolute atomic E-state index is 12.4. The highest BCUT2D eigenvalue weighted by Gasteiger charge is 2.30. The topological polar surface area (TPSA) is 32.3 Å². The number of hydrogen-bond acceptors (Lipinski definition) is 2. The molecule has 1 atom stereocenters. The number of nitrogens with one attached hydrogen (secondary N) is 1. The molecule has 0 bridgehead atoms. The Balaban J connectivity index is 1.86. The highest BCUT2D eigenvalue weighted by Crippen LogP contribution is 2.29. The van der Waals surface area contributed by atoms with Gasteiger partial charge in [0.15, 0.2) is 0 Å². The Kier molecular flexibility index (Phi) is 4.88. The second-order valence-electron chi connectivity index (χ2n) is 5.39. The number of rotatable bonds is 3. The quantitative estimate of drug-likeness (QED) is 0.930. The Morgan fingerprint density at radius 3 is 2.57 bits per heavy atom. The highest BCUT2D eigenvalue weighted by atomic mass is 19.4. The maximum atomic E-state index is 12.4.